The van der Waals surface area contributed by atoms with Crippen LogP contribution in [-0.4, -0.2) is 0 Å². The predicted octanol–water partition coefficient (Wildman–Crippen LogP) is 6.55. The highest BCUT2D eigenvalue weighted by Gasteiger charge is 2.02. The van der Waals surface area contributed by atoms with Gasteiger partial charge >= 0.3 is 0 Å². The van der Waals surface area contributed by atoms with Crippen LogP contribution in [0.25, 0.3) is 0 Å². The van der Waals surface area contributed by atoms with Crippen LogP contribution in [0.4, 0.5) is 0 Å². The van der Waals surface area contributed by atoms with Gasteiger partial charge in [-0.25, -0.2) is 0 Å². The Balaban J connectivity index is 0.000000211. The maximum Gasteiger partial charge on any atom is -0.0216 e. The molecule has 0 saturated carbocycles. The largest absolute Gasteiger partial charge is 0.0620 e. The first-order valence-corrected chi connectivity index (χ1v) is 7.95. The van der Waals surface area contributed by atoms with Gasteiger partial charge in [-0.05, 0) is 54.9 Å². The second kappa shape index (κ2) is 8.02. The zero-order valence-electron chi connectivity index (χ0n) is 14.7. The Morgan fingerprint density at radius 1 is 0.619 bits per heavy atom. The third kappa shape index (κ3) is 5.38. The number of aryl methyl sites for hydroxylation is 3. The second-order valence-corrected chi connectivity index (χ2v) is 6.53. The topological polar surface area (TPSA) is 0 Å². The quantitative estimate of drug-likeness (QED) is 0.586. The standard InChI is InChI=1S/C11H16.C10H14/c1-8(2)11-7-9(3)5-6-10(11)4;1-8(2)10-7-5-4-6-9(10)3/h5-8H,1-4H3;4-8H,1-3H3. The predicted molar refractivity (Wildman–Crippen MR) is 95.3 cm³/mol. The van der Waals surface area contributed by atoms with Crippen molar-refractivity contribution in [1.29, 1.82) is 0 Å². The van der Waals surface area contributed by atoms with Crippen LogP contribution in [0, 0.1) is 20.8 Å². The molecule has 0 aromatic heterocycles. The molecule has 0 aliphatic rings. The number of hydrogen-bond acceptors (Lipinski definition) is 0. The van der Waals surface area contributed by atoms with E-state index >= 15 is 0 Å². The maximum absolute atomic E-state index is 2.28. The Morgan fingerprint density at radius 3 is 1.57 bits per heavy atom. The first kappa shape index (κ1) is 17.5. The summed E-state index contributed by atoms with van der Waals surface area (Å²) in [4.78, 5) is 0. The van der Waals surface area contributed by atoms with Crippen molar-refractivity contribution in [3.8, 4) is 0 Å². The van der Waals surface area contributed by atoms with Gasteiger partial charge in [-0.1, -0.05) is 75.7 Å². The van der Waals surface area contributed by atoms with Gasteiger partial charge in [0, 0.05) is 0 Å². The van der Waals surface area contributed by atoms with E-state index < -0.39 is 0 Å². The fourth-order valence-electron chi connectivity index (χ4n) is 2.62. The highest BCUT2D eigenvalue weighted by molar-refractivity contribution is 5.32. The van der Waals surface area contributed by atoms with Gasteiger partial charge in [0.25, 0.3) is 0 Å². The molecule has 0 amide bonds. The van der Waals surface area contributed by atoms with Crippen molar-refractivity contribution in [2.75, 3.05) is 0 Å². The lowest BCUT2D eigenvalue weighted by atomic mass is 9.96. The lowest BCUT2D eigenvalue weighted by Crippen LogP contribution is -1.91. The molecule has 2 aromatic carbocycles. The van der Waals surface area contributed by atoms with Gasteiger partial charge in [-0.15, -0.1) is 0 Å². The lowest BCUT2D eigenvalue weighted by Gasteiger charge is -2.09. The normalized spacial score (nSPS) is 10.5. The van der Waals surface area contributed by atoms with E-state index in [4.69, 9.17) is 0 Å². The fourth-order valence-corrected chi connectivity index (χ4v) is 2.62. The molecule has 114 valence electrons. The Labute approximate surface area is 131 Å². The van der Waals surface area contributed by atoms with E-state index in [0.29, 0.717) is 11.8 Å². The van der Waals surface area contributed by atoms with Crippen LogP contribution in [0.3, 0.4) is 0 Å². The lowest BCUT2D eigenvalue weighted by molar-refractivity contribution is 0.854. The molecular weight excluding hydrogens is 252 g/mol. The number of hydrogen-bond donors (Lipinski definition) is 0. The molecule has 0 radical (unpaired) electrons. The summed E-state index contributed by atoms with van der Waals surface area (Å²) in [5, 5.41) is 0. The van der Waals surface area contributed by atoms with Crippen LogP contribution in [-0.2, 0) is 0 Å². The Kier molecular flexibility index (Phi) is 6.68. The molecule has 21 heavy (non-hydrogen) atoms. The van der Waals surface area contributed by atoms with Crippen LogP contribution in [0.15, 0.2) is 42.5 Å². The maximum atomic E-state index is 2.28. The molecule has 0 heteroatoms. The monoisotopic (exact) mass is 282 g/mol. The summed E-state index contributed by atoms with van der Waals surface area (Å²) < 4.78 is 0. The summed E-state index contributed by atoms with van der Waals surface area (Å²) >= 11 is 0. The molecule has 0 spiro atoms. The molecule has 2 rings (SSSR count). The summed E-state index contributed by atoms with van der Waals surface area (Å²) in [5.74, 6) is 1.30. The van der Waals surface area contributed by atoms with Gasteiger partial charge in [-0.2, -0.15) is 0 Å². The molecule has 0 aliphatic carbocycles. The van der Waals surface area contributed by atoms with Gasteiger partial charge in [-0.3, -0.25) is 0 Å². The molecule has 0 fully saturated rings. The molecule has 0 unspecified atom stereocenters. The van der Waals surface area contributed by atoms with Crippen molar-refractivity contribution in [1.82, 2.24) is 0 Å². The Hall–Kier alpha value is -1.56. The summed E-state index contributed by atoms with van der Waals surface area (Å²) in [6.07, 6.45) is 0. The van der Waals surface area contributed by atoms with E-state index in [0.717, 1.165) is 0 Å². The van der Waals surface area contributed by atoms with E-state index in [1.165, 1.54) is 27.8 Å². The summed E-state index contributed by atoms with van der Waals surface area (Å²) in [6, 6.07) is 15.2. The third-order valence-electron chi connectivity index (χ3n) is 3.87. The van der Waals surface area contributed by atoms with E-state index in [1.54, 1.807) is 0 Å². The average molecular weight is 282 g/mol. The van der Waals surface area contributed by atoms with Crippen LogP contribution < -0.4 is 0 Å². The van der Waals surface area contributed by atoms with E-state index in [2.05, 4.69) is 90.9 Å². The molecule has 0 N–H and O–H groups in total. The van der Waals surface area contributed by atoms with Crippen molar-refractivity contribution in [2.24, 2.45) is 0 Å². The number of benzene rings is 2. The summed E-state index contributed by atoms with van der Waals surface area (Å²) in [7, 11) is 0. The highest BCUT2D eigenvalue weighted by Crippen LogP contribution is 2.19. The number of rotatable bonds is 2. The molecule has 2 aromatic rings. The second-order valence-electron chi connectivity index (χ2n) is 6.53. The molecule has 0 aliphatic heterocycles. The summed E-state index contributed by atoms with van der Waals surface area (Å²) in [6.45, 7) is 15.4. The van der Waals surface area contributed by atoms with Gasteiger partial charge in [0.05, 0.1) is 0 Å². The zero-order chi connectivity index (χ0) is 16.0. The van der Waals surface area contributed by atoms with Gasteiger partial charge in [0.15, 0.2) is 0 Å². The summed E-state index contributed by atoms with van der Waals surface area (Å²) in [5.41, 5.74) is 7.11. The van der Waals surface area contributed by atoms with Crippen LogP contribution >= 0.6 is 0 Å². The van der Waals surface area contributed by atoms with Crippen molar-refractivity contribution in [3.05, 3.63) is 70.3 Å². The van der Waals surface area contributed by atoms with E-state index in [1.807, 2.05) is 0 Å². The molecule has 0 atom stereocenters. The van der Waals surface area contributed by atoms with Crippen LogP contribution in [0.5, 0.6) is 0 Å². The van der Waals surface area contributed by atoms with Gasteiger partial charge in [0.1, 0.15) is 0 Å². The first-order valence-electron chi connectivity index (χ1n) is 7.95. The molecule has 0 saturated heterocycles. The van der Waals surface area contributed by atoms with Crippen LogP contribution in [0.2, 0.25) is 0 Å². The fraction of sp³-hybridized carbons (Fsp3) is 0.429. The highest BCUT2D eigenvalue weighted by atomic mass is 14.1. The molecule has 0 nitrogen and oxygen atoms in total. The minimum Gasteiger partial charge on any atom is -0.0620 e. The third-order valence-corrected chi connectivity index (χ3v) is 3.87. The average Bonchev–Trinajstić information content (AvgIpc) is 2.42. The van der Waals surface area contributed by atoms with Crippen molar-refractivity contribution in [2.45, 2.75) is 60.3 Å². The van der Waals surface area contributed by atoms with Crippen LogP contribution in [0.1, 0.15) is 67.3 Å². The molecular formula is C21H30. The van der Waals surface area contributed by atoms with Crippen molar-refractivity contribution >= 4 is 0 Å². The van der Waals surface area contributed by atoms with Crippen molar-refractivity contribution in [3.63, 3.8) is 0 Å². The van der Waals surface area contributed by atoms with Gasteiger partial charge in [0.2, 0.25) is 0 Å². The Bertz CT molecular complexity index is 562. The first-order chi connectivity index (χ1) is 9.82. The van der Waals surface area contributed by atoms with E-state index in [9.17, 15) is 0 Å². The van der Waals surface area contributed by atoms with Gasteiger partial charge < -0.3 is 0 Å². The molecule has 0 heterocycles. The minimum atomic E-state index is 0.648. The Morgan fingerprint density at radius 2 is 1.14 bits per heavy atom. The van der Waals surface area contributed by atoms with E-state index in [-0.39, 0.29) is 0 Å². The SMILES string of the molecule is Cc1ccc(C)c(C(C)C)c1.Cc1ccccc1C(C)C. The zero-order valence-corrected chi connectivity index (χ0v) is 14.7. The van der Waals surface area contributed by atoms with Crippen molar-refractivity contribution < 1.29 is 0 Å². The molecule has 0 bridgehead atoms. The minimum absolute atomic E-state index is 0.648. The smallest absolute Gasteiger partial charge is 0.0216 e.